The molecule has 28 heavy (non-hydrogen) atoms. The van der Waals surface area contributed by atoms with Crippen molar-refractivity contribution in [3.8, 4) is 0 Å². The quantitative estimate of drug-likeness (QED) is 0.602. The fourth-order valence-electron chi connectivity index (χ4n) is 3.25. The summed E-state index contributed by atoms with van der Waals surface area (Å²) in [5.41, 5.74) is 1.49. The first-order chi connectivity index (χ1) is 13.5. The van der Waals surface area contributed by atoms with E-state index in [-0.39, 0.29) is 37.8 Å². The van der Waals surface area contributed by atoms with E-state index >= 15 is 0 Å². The molecule has 1 heterocycles. The maximum Gasteiger partial charge on any atom is 0.329 e. The van der Waals surface area contributed by atoms with Crippen LogP contribution in [0.15, 0.2) is 51.7 Å². The lowest BCUT2D eigenvalue weighted by molar-refractivity contribution is -0.133. The molecule has 0 unspecified atom stereocenters. The lowest BCUT2D eigenvalue weighted by atomic mass is 10.2. The molecule has 0 aliphatic heterocycles. The molecule has 3 rings (SSSR count). The van der Waals surface area contributed by atoms with E-state index in [9.17, 15) is 19.1 Å². The van der Waals surface area contributed by atoms with Gasteiger partial charge < -0.3 is 10.0 Å². The molecule has 0 fully saturated rings. The second kappa shape index (κ2) is 8.70. The van der Waals surface area contributed by atoms with Gasteiger partial charge in [0.25, 0.3) is 0 Å². The number of aryl methyl sites for hydroxylation is 1. The van der Waals surface area contributed by atoms with Crippen LogP contribution in [0.2, 0.25) is 0 Å². The van der Waals surface area contributed by atoms with Crippen LogP contribution in [-0.2, 0) is 24.4 Å². The molecule has 2 aromatic carbocycles. The Kier molecular flexibility index (Phi) is 6.31. The van der Waals surface area contributed by atoms with Crippen LogP contribution in [0.1, 0.15) is 12.5 Å². The molecule has 0 saturated carbocycles. The van der Waals surface area contributed by atoms with Gasteiger partial charge >= 0.3 is 5.69 Å². The van der Waals surface area contributed by atoms with E-state index < -0.39 is 5.82 Å². The van der Waals surface area contributed by atoms with Crippen LogP contribution < -0.4 is 5.69 Å². The van der Waals surface area contributed by atoms with Crippen molar-refractivity contribution in [3.63, 3.8) is 0 Å². The van der Waals surface area contributed by atoms with E-state index in [2.05, 4.69) is 15.9 Å². The van der Waals surface area contributed by atoms with Crippen LogP contribution in [-0.4, -0.2) is 38.2 Å². The molecule has 1 N–H and O–H groups in total. The SMILES string of the molecule is CCn1c(=O)n(CC(=O)N(CCO)Cc2cc(Br)ccc2F)c2ccccc21. The van der Waals surface area contributed by atoms with Gasteiger partial charge in [0, 0.05) is 29.7 Å². The number of aliphatic hydroxyl groups is 1. The summed E-state index contributed by atoms with van der Waals surface area (Å²) in [5, 5.41) is 9.35. The number of imidazole rings is 1. The van der Waals surface area contributed by atoms with E-state index in [1.54, 1.807) is 22.8 Å². The van der Waals surface area contributed by atoms with E-state index in [0.717, 1.165) is 5.52 Å². The molecule has 0 aliphatic rings. The number of para-hydroxylation sites is 2. The highest BCUT2D eigenvalue weighted by Gasteiger charge is 2.20. The van der Waals surface area contributed by atoms with Crippen LogP contribution in [0.3, 0.4) is 0 Å². The van der Waals surface area contributed by atoms with Gasteiger partial charge in [0.2, 0.25) is 5.91 Å². The maximum atomic E-state index is 14.1. The van der Waals surface area contributed by atoms with Crippen molar-refractivity contribution in [1.82, 2.24) is 14.0 Å². The molecule has 1 aromatic heterocycles. The Labute approximate surface area is 169 Å². The molecule has 3 aromatic rings. The summed E-state index contributed by atoms with van der Waals surface area (Å²) in [5.74, 6) is -0.798. The highest BCUT2D eigenvalue weighted by Crippen LogP contribution is 2.18. The number of amides is 1. The first-order valence-electron chi connectivity index (χ1n) is 8.96. The van der Waals surface area contributed by atoms with Gasteiger partial charge in [0.1, 0.15) is 12.4 Å². The monoisotopic (exact) mass is 449 g/mol. The third kappa shape index (κ3) is 4.02. The van der Waals surface area contributed by atoms with Gasteiger partial charge in [-0.1, -0.05) is 28.1 Å². The molecule has 6 nitrogen and oxygen atoms in total. The number of benzene rings is 2. The summed E-state index contributed by atoms with van der Waals surface area (Å²) in [6.07, 6.45) is 0. The minimum absolute atomic E-state index is 0.00579. The topological polar surface area (TPSA) is 67.5 Å². The normalized spacial score (nSPS) is 11.1. The number of hydrogen-bond acceptors (Lipinski definition) is 3. The highest BCUT2D eigenvalue weighted by molar-refractivity contribution is 9.10. The number of rotatable bonds is 7. The molecule has 0 atom stereocenters. The second-order valence-corrected chi connectivity index (χ2v) is 7.29. The minimum atomic E-state index is -0.432. The van der Waals surface area contributed by atoms with E-state index in [1.165, 1.54) is 15.5 Å². The van der Waals surface area contributed by atoms with Gasteiger partial charge in [-0.3, -0.25) is 13.9 Å². The summed E-state index contributed by atoms with van der Waals surface area (Å²) in [6.45, 7) is 1.98. The van der Waals surface area contributed by atoms with Crippen LogP contribution in [0.25, 0.3) is 11.0 Å². The maximum absolute atomic E-state index is 14.1. The molecule has 0 aliphatic carbocycles. The predicted octanol–water partition coefficient (Wildman–Crippen LogP) is 2.75. The predicted molar refractivity (Wildman–Crippen MR) is 108 cm³/mol. The third-order valence-corrected chi connectivity index (χ3v) is 5.12. The summed E-state index contributed by atoms with van der Waals surface area (Å²) in [6, 6.07) is 11.8. The zero-order chi connectivity index (χ0) is 20.3. The van der Waals surface area contributed by atoms with Gasteiger partial charge in [-0.15, -0.1) is 0 Å². The number of fused-ring (bicyclic) bond motifs is 1. The van der Waals surface area contributed by atoms with Crippen molar-refractivity contribution in [2.24, 2.45) is 0 Å². The molecule has 0 radical (unpaired) electrons. The molecular formula is C20H21BrFN3O3. The summed E-state index contributed by atoms with van der Waals surface area (Å²) in [7, 11) is 0. The summed E-state index contributed by atoms with van der Waals surface area (Å²) in [4.78, 5) is 27.0. The zero-order valence-corrected chi connectivity index (χ0v) is 17.0. The van der Waals surface area contributed by atoms with E-state index in [0.29, 0.717) is 22.1 Å². The summed E-state index contributed by atoms with van der Waals surface area (Å²) < 4.78 is 17.8. The number of halogens is 2. The molecule has 0 spiro atoms. The van der Waals surface area contributed by atoms with Crippen LogP contribution in [0.4, 0.5) is 4.39 Å². The molecule has 0 bridgehead atoms. The van der Waals surface area contributed by atoms with Gasteiger partial charge in [-0.25, -0.2) is 9.18 Å². The van der Waals surface area contributed by atoms with Gasteiger partial charge in [-0.2, -0.15) is 0 Å². The van der Waals surface area contributed by atoms with Crippen LogP contribution in [0, 0.1) is 5.82 Å². The smallest absolute Gasteiger partial charge is 0.329 e. The number of aliphatic hydroxyl groups excluding tert-OH is 1. The fourth-order valence-corrected chi connectivity index (χ4v) is 3.66. The molecule has 8 heteroatoms. The lowest BCUT2D eigenvalue weighted by Gasteiger charge is -2.22. The fraction of sp³-hybridized carbons (Fsp3) is 0.300. The Balaban J connectivity index is 1.91. The van der Waals surface area contributed by atoms with Crippen LogP contribution in [0.5, 0.6) is 0 Å². The first-order valence-corrected chi connectivity index (χ1v) is 9.76. The standard InChI is InChI=1S/C20H21BrFN3O3/c1-2-24-17-5-3-4-6-18(17)25(20(24)28)13-19(27)23(9-10-26)12-14-11-15(21)7-8-16(14)22/h3-8,11,26H,2,9-10,12-13H2,1H3. The van der Waals surface area contributed by atoms with Gasteiger partial charge in [0.15, 0.2) is 0 Å². The van der Waals surface area contributed by atoms with Crippen LogP contribution >= 0.6 is 15.9 Å². The average molecular weight is 450 g/mol. The van der Waals surface area contributed by atoms with E-state index in [4.69, 9.17) is 0 Å². The first kappa shape index (κ1) is 20.3. The number of nitrogens with zero attached hydrogens (tertiary/aromatic N) is 3. The average Bonchev–Trinajstić information content (AvgIpc) is 2.95. The largest absolute Gasteiger partial charge is 0.395 e. The van der Waals surface area contributed by atoms with Crippen molar-refractivity contribution in [1.29, 1.82) is 0 Å². The Morgan fingerprint density at radius 2 is 1.86 bits per heavy atom. The Hall–Kier alpha value is -2.45. The third-order valence-electron chi connectivity index (χ3n) is 4.63. The number of aromatic nitrogens is 2. The Bertz CT molecular complexity index is 1060. The molecule has 0 saturated heterocycles. The van der Waals surface area contributed by atoms with Crippen molar-refractivity contribution >= 4 is 32.9 Å². The Morgan fingerprint density at radius 1 is 1.18 bits per heavy atom. The number of carbonyl (C=O) groups excluding carboxylic acids is 1. The highest BCUT2D eigenvalue weighted by atomic mass is 79.9. The lowest BCUT2D eigenvalue weighted by Crippen LogP contribution is -2.38. The minimum Gasteiger partial charge on any atom is -0.395 e. The number of carbonyl (C=O) groups is 1. The van der Waals surface area contributed by atoms with Crippen molar-refractivity contribution in [2.75, 3.05) is 13.2 Å². The van der Waals surface area contributed by atoms with Crippen molar-refractivity contribution in [3.05, 3.63) is 68.8 Å². The van der Waals surface area contributed by atoms with Gasteiger partial charge in [0.05, 0.1) is 17.6 Å². The molecule has 1 amide bonds. The Morgan fingerprint density at radius 3 is 2.50 bits per heavy atom. The van der Waals surface area contributed by atoms with Crippen molar-refractivity contribution < 1.29 is 14.3 Å². The molecular weight excluding hydrogens is 429 g/mol. The van der Waals surface area contributed by atoms with E-state index in [1.807, 2.05) is 25.1 Å². The second-order valence-electron chi connectivity index (χ2n) is 6.38. The number of hydrogen-bond donors (Lipinski definition) is 1. The molecule has 148 valence electrons. The summed E-state index contributed by atoms with van der Waals surface area (Å²) >= 11 is 3.30. The zero-order valence-electron chi connectivity index (χ0n) is 15.4. The van der Waals surface area contributed by atoms with Crippen molar-refractivity contribution in [2.45, 2.75) is 26.6 Å². The van der Waals surface area contributed by atoms with Gasteiger partial charge in [-0.05, 0) is 37.3 Å².